The Kier molecular flexibility index (Phi) is 5.42. The maximum atomic E-state index is 12.9. The van der Waals surface area contributed by atoms with E-state index in [9.17, 15) is 8.42 Å². The number of aromatic nitrogens is 3. The van der Waals surface area contributed by atoms with Crippen molar-refractivity contribution in [2.75, 3.05) is 23.7 Å². The molecule has 1 aliphatic rings. The molecule has 0 saturated carbocycles. The number of anilines is 3. The number of aryl methyl sites for hydroxylation is 2. The van der Waals surface area contributed by atoms with Crippen molar-refractivity contribution in [1.82, 2.24) is 19.9 Å². The van der Waals surface area contributed by atoms with Crippen molar-refractivity contribution < 1.29 is 8.42 Å². The molecule has 32 heavy (non-hydrogen) atoms. The number of pyridine rings is 1. The second-order valence-corrected chi connectivity index (χ2v) is 9.29. The first-order chi connectivity index (χ1) is 15.6. The molecule has 0 unspecified atom stereocenters. The Bertz CT molecular complexity index is 1360. The van der Waals surface area contributed by atoms with E-state index in [-0.39, 0.29) is 6.54 Å². The molecule has 0 aliphatic heterocycles. The van der Waals surface area contributed by atoms with E-state index >= 15 is 0 Å². The van der Waals surface area contributed by atoms with Crippen LogP contribution in [-0.4, -0.2) is 36.7 Å². The van der Waals surface area contributed by atoms with Crippen LogP contribution in [0, 0.1) is 0 Å². The SMILES string of the molecule is O=S(=O)(NCCNc1ccc(Nc2cccnc2)nn1)c1ccc2cccc3c2c1CC3. The summed E-state index contributed by atoms with van der Waals surface area (Å²) in [5.41, 5.74) is 2.96. The molecule has 4 aromatic rings. The quantitative estimate of drug-likeness (QED) is 0.357. The first-order valence-electron chi connectivity index (χ1n) is 10.4. The van der Waals surface area contributed by atoms with Gasteiger partial charge in [0.2, 0.25) is 10.0 Å². The maximum absolute atomic E-state index is 12.9. The Morgan fingerprint density at radius 3 is 2.56 bits per heavy atom. The lowest BCUT2D eigenvalue weighted by Crippen LogP contribution is -2.29. The summed E-state index contributed by atoms with van der Waals surface area (Å²) >= 11 is 0. The van der Waals surface area contributed by atoms with Crippen LogP contribution in [0.4, 0.5) is 17.3 Å². The fourth-order valence-corrected chi connectivity index (χ4v) is 5.32. The Morgan fingerprint density at radius 1 is 0.875 bits per heavy atom. The fraction of sp³-hybridized carbons (Fsp3) is 0.174. The first-order valence-corrected chi connectivity index (χ1v) is 11.9. The summed E-state index contributed by atoms with van der Waals surface area (Å²) in [5.74, 6) is 1.16. The normalized spacial score (nSPS) is 12.8. The average molecular weight is 447 g/mol. The van der Waals surface area contributed by atoms with E-state index in [0.29, 0.717) is 23.1 Å². The zero-order valence-electron chi connectivity index (χ0n) is 17.2. The third kappa shape index (κ3) is 4.12. The number of hydrogen-bond acceptors (Lipinski definition) is 7. The van der Waals surface area contributed by atoms with Crippen LogP contribution in [0.5, 0.6) is 0 Å². The molecule has 0 spiro atoms. The molecule has 0 amide bonds. The van der Waals surface area contributed by atoms with Crippen molar-refractivity contribution in [3.05, 3.63) is 78.1 Å². The smallest absolute Gasteiger partial charge is 0.240 e. The van der Waals surface area contributed by atoms with Crippen molar-refractivity contribution in [3.8, 4) is 0 Å². The highest BCUT2D eigenvalue weighted by molar-refractivity contribution is 7.89. The van der Waals surface area contributed by atoms with Crippen LogP contribution in [0.15, 0.2) is 71.9 Å². The lowest BCUT2D eigenvalue weighted by Gasteiger charge is -2.12. The largest absolute Gasteiger partial charge is 0.367 e. The minimum absolute atomic E-state index is 0.235. The van der Waals surface area contributed by atoms with Gasteiger partial charge in [-0.2, -0.15) is 0 Å². The summed E-state index contributed by atoms with van der Waals surface area (Å²) in [6.07, 6.45) is 5.03. The number of nitrogens with one attached hydrogen (secondary N) is 3. The number of sulfonamides is 1. The van der Waals surface area contributed by atoms with Gasteiger partial charge in [-0.25, -0.2) is 13.1 Å². The molecule has 162 valence electrons. The van der Waals surface area contributed by atoms with Crippen molar-refractivity contribution >= 4 is 38.1 Å². The molecule has 0 fully saturated rings. The van der Waals surface area contributed by atoms with Crippen LogP contribution >= 0.6 is 0 Å². The highest BCUT2D eigenvalue weighted by atomic mass is 32.2. The topological polar surface area (TPSA) is 109 Å². The minimum Gasteiger partial charge on any atom is -0.367 e. The van der Waals surface area contributed by atoms with Gasteiger partial charge in [0, 0.05) is 19.3 Å². The molecule has 2 aromatic carbocycles. The van der Waals surface area contributed by atoms with Crippen molar-refractivity contribution in [2.24, 2.45) is 0 Å². The molecular formula is C23H22N6O2S. The molecule has 5 rings (SSSR count). The Labute approximate surface area is 186 Å². The summed E-state index contributed by atoms with van der Waals surface area (Å²) in [5, 5.41) is 16.6. The van der Waals surface area contributed by atoms with Crippen LogP contribution in [0.1, 0.15) is 11.1 Å². The lowest BCUT2D eigenvalue weighted by atomic mass is 10.1. The van der Waals surface area contributed by atoms with Crippen LogP contribution in [-0.2, 0) is 22.9 Å². The molecule has 3 N–H and O–H groups in total. The van der Waals surface area contributed by atoms with Crippen molar-refractivity contribution in [2.45, 2.75) is 17.7 Å². The van der Waals surface area contributed by atoms with Crippen LogP contribution in [0.25, 0.3) is 10.8 Å². The molecule has 2 aromatic heterocycles. The van der Waals surface area contributed by atoms with E-state index in [4.69, 9.17) is 0 Å². The van der Waals surface area contributed by atoms with Gasteiger partial charge in [-0.15, -0.1) is 10.2 Å². The first kappa shape index (κ1) is 20.3. The van der Waals surface area contributed by atoms with Gasteiger partial charge in [-0.05, 0) is 65.1 Å². The maximum Gasteiger partial charge on any atom is 0.240 e. The summed E-state index contributed by atoms with van der Waals surface area (Å²) in [4.78, 5) is 4.41. The Hall–Kier alpha value is -3.56. The van der Waals surface area contributed by atoms with Gasteiger partial charge >= 0.3 is 0 Å². The van der Waals surface area contributed by atoms with Gasteiger partial charge in [0.25, 0.3) is 0 Å². The zero-order chi connectivity index (χ0) is 22.0. The molecule has 0 bridgehead atoms. The molecule has 2 heterocycles. The Morgan fingerprint density at radius 2 is 1.75 bits per heavy atom. The zero-order valence-corrected chi connectivity index (χ0v) is 18.1. The summed E-state index contributed by atoms with van der Waals surface area (Å²) in [6, 6.07) is 17.0. The number of nitrogens with zero attached hydrogens (tertiary/aromatic N) is 3. The van der Waals surface area contributed by atoms with Gasteiger partial charge in [0.1, 0.15) is 5.82 Å². The Balaban J connectivity index is 1.19. The molecule has 9 heteroatoms. The minimum atomic E-state index is -3.60. The summed E-state index contributed by atoms with van der Waals surface area (Å²) in [6.45, 7) is 0.621. The lowest BCUT2D eigenvalue weighted by molar-refractivity contribution is 0.582. The van der Waals surface area contributed by atoms with Crippen molar-refractivity contribution in [1.29, 1.82) is 0 Å². The predicted molar refractivity (Wildman–Crippen MR) is 125 cm³/mol. The van der Waals surface area contributed by atoms with Crippen LogP contribution < -0.4 is 15.4 Å². The summed E-state index contributed by atoms with van der Waals surface area (Å²) in [7, 11) is -3.60. The summed E-state index contributed by atoms with van der Waals surface area (Å²) < 4.78 is 28.6. The third-order valence-electron chi connectivity index (χ3n) is 5.45. The van der Waals surface area contributed by atoms with Crippen molar-refractivity contribution in [3.63, 3.8) is 0 Å². The number of benzene rings is 2. The molecule has 0 radical (unpaired) electrons. The van der Waals surface area contributed by atoms with Crippen LogP contribution in [0.2, 0.25) is 0 Å². The molecule has 1 aliphatic carbocycles. The van der Waals surface area contributed by atoms with Gasteiger partial charge in [0.15, 0.2) is 5.82 Å². The van der Waals surface area contributed by atoms with E-state index in [1.807, 2.05) is 30.3 Å². The standard InChI is InChI=1S/C23H22N6O2S/c30-32(31,20-9-7-17-4-1-3-16-6-8-19(20)23(16)17)26-14-13-25-21-10-11-22(29-28-21)27-18-5-2-12-24-15-18/h1-5,7,9-12,15,26H,6,8,13-14H2,(H,25,28)(H,27,29). The number of hydrogen-bond donors (Lipinski definition) is 3. The van der Waals surface area contributed by atoms with E-state index < -0.39 is 10.0 Å². The second-order valence-electron chi connectivity index (χ2n) is 7.55. The van der Waals surface area contributed by atoms with Crippen LogP contribution in [0.3, 0.4) is 0 Å². The monoisotopic (exact) mass is 446 g/mol. The van der Waals surface area contributed by atoms with Gasteiger partial charge < -0.3 is 10.6 Å². The highest BCUT2D eigenvalue weighted by Gasteiger charge is 2.24. The van der Waals surface area contributed by atoms with E-state index in [0.717, 1.165) is 34.9 Å². The second kappa shape index (κ2) is 8.52. The molecule has 8 nitrogen and oxygen atoms in total. The van der Waals surface area contributed by atoms with Gasteiger partial charge in [-0.1, -0.05) is 24.3 Å². The van der Waals surface area contributed by atoms with E-state index in [1.165, 1.54) is 5.56 Å². The van der Waals surface area contributed by atoms with E-state index in [1.54, 1.807) is 30.6 Å². The fourth-order valence-electron chi connectivity index (χ4n) is 4.02. The molecular weight excluding hydrogens is 424 g/mol. The molecule has 0 saturated heterocycles. The third-order valence-corrected chi connectivity index (χ3v) is 7.00. The van der Waals surface area contributed by atoms with Gasteiger partial charge in [0.05, 0.1) is 16.8 Å². The average Bonchev–Trinajstić information content (AvgIpc) is 3.24. The number of rotatable bonds is 8. The van der Waals surface area contributed by atoms with E-state index in [2.05, 4.69) is 36.6 Å². The molecule has 0 atom stereocenters. The highest BCUT2D eigenvalue weighted by Crippen LogP contribution is 2.34. The predicted octanol–water partition coefficient (Wildman–Crippen LogP) is 3.26. The van der Waals surface area contributed by atoms with Gasteiger partial charge in [-0.3, -0.25) is 4.98 Å².